The number of hydrogen-bond donors (Lipinski definition) is 1. The van der Waals surface area contributed by atoms with Crippen molar-refractivity contribution in [2.75, 3.05) is 11.0 Å². The van der Waals surface area contributed by atoms with Crippen molar-refractivity contribution < 1.29 is 9.69 Å². The normalized spacial score (nSPS) is 11.7. The number of benzene rings is 1. The van der Waals surface area contributed by atoms with Gasteiger partial charge in [-0.3, -0.25) is 9.78 Å². The summed E-state index contributed by atoms with van der Waals surface area (Å²) in [5, 5.41) is 1.44. The molecule has 0 bridgehead atoms. The van der Waals surface area contributed by atoms with Crippen molar-refractivity contribution in [3.63, 3.8) is 0 Å². The Morgan fingerprint density at radius 3 is 2.74 bits per heavy atom. The quantitative estimate of drug-likeness (QED) is 0.787. The van der Waals surface area contributed by atoms with Gasteiger partial charge in [0, 0.05) is 48.5 Å². The first-order valence-electron chi connectivity index (χ1n) is 6.70. The zero-order valence-corrected chi connectivity index (χ0v) is 13.6. The average molecular weight is 331 g/mol. The minimum Gasteiger partial charge on any atom is -0.412 e. The number of pyridine rings is 2. The van der Waals surface area contributed by atoms with Gasteiger partial charge in [-0.15, -0.1) is 0 Å². The van der Waals surface area contributed by atoms with Gasteiger partial charge in [-0.2, -0.15) is 0 Å². The first-order valence-corrected chi connectivity index (χ1v) is 8.26. The first kappa shape index (κ1) is 16.9. The summed E-state index contributed by atoms with van der Waals surface area (Å²) in [6.45, 7) is 0. The van der Waals surface area contributed by atoms with Crippen LogP contribution in [0.15, 0.2) is 53.7 Å². The van der Waals surface area contributed by atoms with Crippen molar-refractivity contribution >= 4 is 27.4 Å². The molecule has 0 spiro atoms. The van der Waals surface area contributed by atoms with Crippen LogP contribution in [0.1, 0.15) is 0 Å². The van der Waals surface area contributed by atoms with Gasteiger partial charge in [-0.25, -0.2) is 4.21 Å². The fourth-order valence-corrected chi connectivity index (χ4v) is 2.91. The molecule has 0 amide bonds. The van der Waals surface area contributed by atoms with E-state index in [-0.39, 0.29) is 11.0 Å². The Labute approximate surface area is 135 Å². The van der Waals surface area contributed by atoms with Crippen LogP contribution >= 0.6 is 0 Å². The standard InChI is InChI=1S/C16H15N3O2S.H2O/c1-19-10-15(14-9-17-7-6-13(14)16(19)20)11-4-3-5-12(8-11)18-22(2)21;/h3-10,18H,1-2H3;1H2. The van der Waals surface area contributed by atoms with Crippen molar-refractivity contribution in [3.05, 3.63) is 59.3 Å². The molecule has 0 fully saturated rings. The number of hydrogen-bond acceptors (Lipinski definition) is 3. The van der Waals surface area contributed by atoms with E-state index in [1.807, 2.05) is 24.3 Å². The zero-order chi connectivity index (χ0) is 15.7. The molecule has 3 N–H and O–H groups in total. The van der Waals surface area contributed by atoms with Gasteiger partial charge in [0.05, 0.1) is 5.39 Å². The lowest BCUT2D eigenvalue weighted by atomic mass is 10.0. The lowest BCUT2D eigenvalue weighted by Crippen LogP contribution is -2.16. The molecule has 0 aliphatic rings. The molecule has 23 heavy (non-hydrogen) atoms. The lowest BCUT2D eigenvalue weighted by Gasteiger charge is -2.10. The van der Waals surface area contributed by atoms with E-state index in [4.69, 9.17) is 0 Å². The highest BCUT2D eigenvalue weighted by molar-refractivity contribution is 7.85. The van der Waals surface area contributed by atoms with Gasteiger partial charge in [0.2, 0.25) is 0 Å². The van der Waals surface area contributed by atoms with Crippen LogP contribution in [0.25, 0.3) is 21.9 Å². The van der Waals surface area contributed by atoms with Crippen LogP contribution in [0.2, 0.25) is 0 Å². The van der Waals surface area contributed by atoms with Gasteiger partial charge in [-0.05, 0) is 23.8 Å². The molecular weight excluding hydrogens is 314 g/mol. The van der Waals surface area contributed by atoms with E-state index >= 15 is 0 Å². The smallest absolute Gasteiger partial charge is 0.258 e. The number of nitrogens with one attached hydrogen (secondary N) is 1. The van der Waals surface area contributed by atoms with Gasteiger partial charge in [0.1, 0.15) is 11.0 Å². The molecule has 0 saturated carbocycles. The lowest BCUT2D eigenvalue weighted by molar-refractivity contribution is 0.690. The van der Waals surface area contributed by atoms with Crippen LogP contribution in [0.3, 0.4) is 0 Å². The highest BCUT2D eigenvalue weighted by Gasteiger charge is 2.09. The van der Waals surface area contributed by atoms with Crippen molar-refractivity contribution in [1.82, 2.24) is 9.55 Å². The molecule has 2 aromatic heterocycles. The van der Waals surface area contributed by atoms with E-state index in [9.17, 15) is 9.00 Å². The van der Waals surface area contributed by atoms with Crippen molar-refractivity contribution in [1.29, 1.82) is 0 Å². The minimum atomic E-state index is -1.13. The first-order chi connectivity index (χ1) is 10.6. The second-order valence-corrected chi connectivity index (χ2v) is 6.13. The predicted octanol–water partition coefficient (Wildman–Crippen LogP) is 1.48. The fourth-order valence-electron chi connectivity index (χ4n) is 2.45. The molecule has 3 rings (SSSR count). The van der Waals surface area contributed by atoms with E-state index in [0.29, 0.717) is 5.39 Å². The summed E-state index contributed by atoms with van der Waals surface area (Å²) in [5.41, 5.74) is 2.56. The van der Waals surface area contributed by atoms with Gasteiger partial charge >= 0.3 is 0 Å². The van der Waals surface area contributed by atoms with Gasteiger partial charge in [0.25, 0.3) is 5.56 Å². The molecule has 1 unspecified atom stereocenters. The summed E-state index contributed by atoms with van der Waals surface area (Å²) >= 11 is 0. The summed E-state index contributed by atoms with van der Waals surface area (Å²) in [7, 11) is 0.597. The molecule has 3 aromatic rings. The van der Waals surface area contributed by atoms with Crippen LogP contribution in [0.4, 0.5) is 5.69 Å². The summed E-state index contributed by atoms with van der Waals surface area (Å²) in [5.74, 6) is 0. The van der Waals surface area contributed by atoms with Gasteiger partial charge in [-0.1, -0.05) is 12.1 Å². The number of nitrogens with zero attached hydrogens (tertiary/aromatic N) is 2. The molecule has 120 valence electrons. The number of anilines is 1. The maximum Gasteiger partial charge on any atom is 0.258 e. The number of aryl methyl sites for hydroxylation is 1. The van der Waals surface area contributed by atoms with Crippen LogP contribution in [0, 0.1) is 0 Å². The highest BCUT2D eigenvalue weighted by Crippen LogP contribution is 2.28. The fraction of sp³-hybridized carbons (Fsp3) is 0.125. The van der Waals surface area contributed by atoms with Crippen molar-refractivity contribution in [2.24, 2.45) is 7.05 Å². The summed E-state index contributed by atoms with van der Waals surface area (Å²) in [6, 6.07) is 9.33. The van der Waals surface area contributed by atoms with E-state index in [1.54, 1.807) is 42.5 Å². The predicted molar refractivity (Wildman–Crippen MR) is 93.7 cm³/mol. The van der Waals surface area contributed by atoms with Crippen molar-refractivity contribution in [2.45, 2.75) is 0 Å². The Balaban J connectivity index is 0.00000192. The molecule has 2 heterocycles. The maximum absolute atomic E-state index is 12.2. The number of fused-ring (bicyclic) bond motifs is 1. The summed E-state index contributed by atoms with van der Waals surface area (Å²) < 4.78 is 15.8. The van der Waals surface area contributed by atoms with Crippen LogP contribution in [-0.2, 0) is 18.0 Å². The molecular formula is C16H17N3O3S. The molecule has 6 nitrogen and oxygen atoms in total. The summed E-state index contributed by atoms with van der Waals surface area (Å²) in [6.07, 6.45) is 6.70. The maximum atomic E-state index is 12.2. The van der Waals surface area contributed by atoms with E-state index < -0.39 is 11.0 Å². The molecule has 0 aliphatic heterocycles. The Kier molecular flexibility index (Phi) is 4.92. The van der Waals surface area contributed by atoms with E-state index in [2.05, 4.69) is 9.71 Å². The van der Waals surface area contributed by atoms with E-state index in [0.717, 1.165) is 22.2 Å². The number of rotatable bonds is 3. The monoisotopic (exact) mass is 331 g/mol. The Hall–Kier alpha value is -2.51. The van der Waals surface area contributed by atoms with Crippen LogP contribution in [-0.4, -0.2) is 25.5 Å². The Bertz CT molecular complexity index is 937. The molecule has 0 aliphatic carbocycles. The van der Waals surface area contributed by atoms with Crippen LogP contribution < -0.4 is 10.3 Å². The topological polar surface area (TPSA) is 95.5 Å². The molecule has 1 atom stereocenters. The van der Waals surface area contributed by atoms with E-state index in [1.165, 1.54) is 0 Å². The highest BCUT2D eigenvalue weighted by atomic mass is 32.2. The second kappa shape index (κ2) is 6.72. The second-order valence-electron chi connectivity index (χ2n) is 5.02. The van der Waals surface area contributed by atoms with Gasteiger partial charge in [0.15, 0.2) is 0 Å². The SMILES string of the molecule is Cn1cc(-c2cccc(NS(C)=O)c2)c2cnccc2c1=O.O. The largest absolute Gasteiger partial charge is 0.412 e. The third-order valence-electron chi connectivity index (χ3n) is 3.42. The van der Waals surface area contributed by atoms with Crippen molar-refractivity contribution in [3.8, 4) is 11.1 Å². The minimum absolute atomic E-state index is 0. The average Bonchev–Trinajstić information content (AvgIpc) is 2.50. The summed E-state index contributed by atoms with van der Waals surface area (Å²) in [4.78, 5) is 16.3. The third-order valence-corrected chi connectivity index (χ3v) is 3.94. The molecule has 7 heteroatoms. The van der Waals surface area contributed by atoms with Crippen LogP contribution in [0.5, 0.6) is 0 Å². The van der Waals surface area contributed by atoms with Gasteiger partial charge < -0.3 is 14.8 Å². The molecule has 0 radical (unpaired) electrons. The zero-order valence-electron chi connectivity index (χ0n) is 12.7. The Morgan fingerprint density at radius 1 is 1.22 bits per heavy atom. The molecule has 1 aromatic carbocycles. The number of aromatic nitrogens is 2. The molecule has 0 saturated heterocycles. The third kappa shape index (κ3) is 3.30. The Morgan fingerprint density at radius 2 is 2.00 bits per heavy atom.